The van der Waals surface area contributed by atoms with E-state index in [4.69, 9.17) is 0 Å². The van der Waals surface area contributed by atoms with Crippen LogP contribution in [0.1, 0.15) is 10.4 Å². The van der Waals surface area contributed by atoms with Gasteiger partial charge in [-0.3, -0.25) is 10.2 Å². The minimum absolute atomic E-state index is 0.0679. The Labute approximate surface area is 119 Å². The van der Waals surface area contributed by atoms with Crippen molar-refractivity contribution in [3.05, 3.63) is 65.7 Å². The topological polar surface area (TPSA) is 75.3 Å². The standard InChI is InChI=1S/C13H10F2N2O3S/c14-10-6-4-9(5-7-10)13(18)16-17-21(19,20)12-3-1-2-11(15)8-12/h1-8,17H,(H,16,18). The Morgan fingerprint density at radius 3 is 2.24 bits per heavy atom. The lowest BCUT2D eigenvalue weighted by molar-refractivity contribution is 0.0945. The lowest BCUT2D eigenvalue weighted by Crippen LogP contribution is -2.41. The number of hydrogen-bond acceptors (Lipinski definition) is 3. The fraction of sp³-hybridized carbons (Fsp3) is 0. The molecule has 0 bridgehead atoms. The van der Waals surface area contributed by atoms with Crippen molar-refractivity contribution in [2.24, 2.45) is 0 Å². The predicted octanol–water partition coefficient (Wildman–Crippen LogP) is 1.59. The molecule has 2 N–H and O–H groups in total. The van der Waals surface area contributed by atoms with Gasteiger partial charge >= 0.3 is 0 Å². The predicted molar refractivity (Wildman–Crippen MR) is 70.6 cm³/mol. The molecule has 2 aromatic rings. The van der Waals surface area contributed by atoms with Gasteiger partial charge in [-0.2, -0.15) is 0 Å². The molecule has 5 nitrogen and oxygen atoms in total. The van der Waals surface area contributed by atoms with Crippen LogP contribution in [0.2, 0.25) is 0 Å². The molecule has 0 unspecified atom stereocenters. The molecule has 110 valence electrons. The average molecular weight is 312 g/mol. The number of hydrazine groups is 1. The minimum atomic E-state index is -4.09. The van der Waals surface area contributed by atoms with Gasteiger partial charge in [-0.25, -0.2) is 17.2 Å². The number of nitrogens with one attached hydrogen (secondary N) is 2. The molecule has 2 aromatic carbocycles. The Morgan fingerprint density at radius 1 is 0.952 bits per heavy atom. The summed E-state index contributed by atoms with van der Waals surface area (Å²) in [5.41, 5.74) is 2.02. The number of halogens is 2. The van der Waals surface area contributed by atoms with E-state index in [0.717, 1.165) is 24.3 Å². The maximum atomic E-state index is 13.0. The molecular weight excluding hydrogens is 302 g/mol. The van der Waals surface area contributed by atoms with Crippen molar-refractivity contribution in [3.8, 4) is 0 Å². The van der Waals surface area contributed by atoms with E-state index >= 15 is 0 Å². The third kappa shape index (κ3) is 3.83. The Bertz CT molecular complexity index is 761. The molecule has 0 aliphatic rings. The zero-order chi connectivity index (χ0) is 15.5. The van der Waals surface area contributed by atoms with Gasteiger partial charge in [0.2, 0.25) is 0 Å². The summed E-state index contributed by atoms with van der Waals surface area (Å²) in [6.07, 6.45) is 0. The molecule has 21 heavy (non-hydrogen) atoms. The van der Waals surface area contributed by atoms with E-state index in [1.165, 1.54) is 24.3 Å². The van der Waals surface area contributed by atoms with Crippen LogP contribution >= 0.6 is 0 Å². The summed E-state index contributed by atoms with van der Waals surface area (Å²) in [4.78, 5) is 13.2. The van der Waals surface area contributed by atoms with Gasteiger partial charge in [-0.1, -0.05) is 6.07 Å². The first-order valence-electron chi connectivity index (χ1n) is 5.72. The van der Waals surface area contributed by atoms with E-state index < -0.39 is 27.6 Å². The first-order chi connectivity index (χ1) is 9.88. The first-order valence-corrected chi connectivity index (χ1v) is 7.20. The zero-order valence-electron chi connectivity index (χ0n) is 10.5. The summed E-state index contributed by atoms with van der Waals surface area (Å²) in [5, 5.41) is 0. The smallest absolute Gasteiger partial charge is 0.266 e. The van der Waals surface area contributed by atoms with Crippen LogP contribution in [0.3, 0.4) is 0 Å². The molecule has 0 aliphatic carbocycles. The highest BCUT2D eigenvalue weighted by Gasteiger charge is 2.16. The summed E-state index contributed by atoms with van der Waals surface area (Å²) in [6, 6.07) is 8.83. The van der Waals surface area contributed by atoms with E-state index in [0.29, 0.717) is 0 Å². The van der Waals surface area contributed by atoms with Gasteiger partial charge in [0, 0.05) is 5.56 Å². The molecule has 0 aliphatic heterocycles. The van der Waals surface area contributed by atoms with Gasteiger partial charge in [0.25, 0.3) is 15.9 Å². The Morgan fingerprint density at radius 2 is 1.62 bits per heavy atom. The minimum Gasteiger partial charge on any atom is -0.273 e. The Hall–Kier alpha value is -2.32. The molecule has 0 heterocycles. The highest BCUT2D eigenvalue weighted by Crippen LogP contribution is 2.09. The van der Waals surface area contributed by atoms with Gasteiger partial charge in [0.1, 0.15) is 11.6 Å². The SMILES string of the molecule is O=C(NNS(=O)(=O)c1cccc(F)c1)c1ccc(F)cc1. The molecule has 0 saturated heterocycles. The van der Waals surface area contributed by atoms with Crippen molar-refractivity contribution in [3.63, 3.8) is 0 Å². The average Bonchev–Trinajstić information content (AvgIpc) is 2.45. The largest absolute Gasteiger partial charge is 0.273 e. The first kappa shape index (κ1) is 15.1. The highest BCUT2D eigenvalue weighted by atomic mass is 32.2. The number of rotatable bonds is 4. The normalized spacial score (nSPS) is 11.1. The molecule has 1 amide bonds. The van der Waals surface area contributed by atoms with Crippen LogP contribution in [-0.2, 0) is 10.0 Å². The van der Waals surface area contributed by atoms with E-state index in [1.807, 2.05) is 10.3 Å². The van der Waals surface area contributed by atoms with E-state index in [9.17, 15) is 22.0 Å². The van der Waals surface area contributed by atoms with E-state index in [2.05, 4.69) is 0 Å². The molecule has 0 atom stereocenters. The third-order valence-electron chi connectivity index (χ3n) is 2.51. The maximum Gasteiger partial charge on any atom is 0.266 e. The van der Waals surface area contributed by atoms with Crippen LogP contribution in [0.15, 0.2) is 53.4 Å². The summed E-state index contributed by atoms with van der Waals surface area (Å²) in [7, 11) is -4.09. The van der Waals surface area contributed by atoms with Crippen LogP contribution < -0.4 is 10.3 Å². The lowest BCUT2D eigenvalue weighted by atomic mass is 10.2. The number of carbonyl (C=O) groups is 1. The van der Waals surface area contributed by atoms with Crippen LogP contribution in [-0.4, -0.2) is 14.3 Å². The molecule has 0 aromatic heterocycles. The summed E-state index contributed by atoms with van der Waals surface area (Å²) < 4.78 is 49.3. The number of amides is 1. The second kappa shape index (κ2) is 5.98. The van der Waals surface area contributed by atoms with Crippen LogP contribution in [0, 0.1) is 11.6 Å². The third-order valence-corrected chi connectivity index (χ3v) is 3.76. The molecule has 0 fully saturated rings. The number of benzene rings is 2. The van der Waals surface area contributed by atoms with Crippen molar-refractivity contribution < 1.29 is 22.0 Å². The second-order valence-corrected chi connectivity index (χ2v) is 5.71. The van der Waals surface area contributed by atoms with E-state index in [-0.39, 0.29) is 10.5 Å². The van der Waals surface area contributed by atoms with Gasteiger partial charge < -0.3 is 0 Å². The summed E-state index contributed by atoms with van der Waals surface area (Å²) in [5.74, 6) is -2.01. The van der Waals surface area contributed by atoms with Crippen LogP contribution in [0.4, 0.5) is 8.78 Å². The highest BCUT2D eigenvalue weighted by molar-refractivity contribution is 7.89. The van der Waals surface area contributed by atoms with Crippen molar-refractivity contribution in [2.75, 3.05) is 0 Å². The quantitative estimate of drug-likeness (QED) is 0.842. The van der Waals surface area contributed by atoms with Gasteiger partial charge in [-0.15, -0.1) is 4.83 Å². The molecule has 0 spiro atoms. The van der Waals surface area contributed by atoms with Gasteiger partial charge in [0.05, 0.1) is 4.90 Å². The van der Waals surface area contributed by atoms with Gasteiger partial charge in [-0.05, 0) is 42.5 Å². The maximum absolute atomic E-state index is 13.0. The number of carbonyl (C=O) groups excluding carboxylic acids is 1. The monoisotopic (exact) mass is 312 g/mol. The molecule has 0 saturated carbocycles. The zero-order valence-corrected chi connectivity index (χ0v) is 11.3. The Balaban J connectivity index is 2.08. The van der Waals surface area contributed by atoms with Gasteiger partial charge in [0.15, 0.2) is 0 Å². The van der Waals surface area contributed by atoms with Crippen molar-refractivity contribution in [1.29, 1.82) is 0 Å². The summed E-state index contributed by atoms with van der Waals surface area (Å²) >= 11 is 0. The lowest BCUT2D eigenvalue weighted by Gasteiger charge is -2.08. The van der Waals surface area contributed by atoms with E-state index in [1.54, 1.807) is 0 Å². The van der Waals surface area contributed by atoms with Crippen molar-refractivity contribution in [1.82, 2.24) is 10.3 Å². The molecule has 8 heteroatoms. The molecule has 0 radical (unpaired) electrons. The van der Waals surface area contributed by atoms with Crippen molar-refractivity contribution in [2.45, 2.75) is 4.90 Å². The van der Waals surface area contributed by atoms with Crippen LogP contribution in [0.25, 0.3) is 0 Å². The van der Waals surface area contributed by atoms with Crippen molar-refractivity contribution >= 4 is 15.9 Å². The molecule has 2 rings (SSSR count). The fourth-order valence-electron chi connectivity index (χ4n) is 1.48. The number of hydrogen-bond donors (Lipinski definition) is 2. The second-order valence-electron chi connectivity index (χ2n) is 4.02. The van der Waals surface area contributed by atoms with Crippen LogP contribution in [0.5, 0.6) is 0 Å². The fourth-order valence-corrected chi connectivity index (χ4v) is 2.35. The number of sulfonamides is 1. The Kier molecular flexibility index (Phi) is 4.29. The summed E-state index contributed by atoms with van der Waals surface area (Å²) in [6.45, 7) is 0. The molecular formula is C13H10F2N2O3S.